The Morgan fingerprint density at radius 2 is 1.61 bits per heavy atom. The molecule has 0 aromatic heterocycles. The molecule has 0 bridgehead atoms. The maximum absolute atomic E-state index is 13.1. The predicted octanol–water partition coefficient (Wildman–Crippen LogP) is 2.46. The van der Waals surface area contributed by atoms with Crippen LogP contribution >= 0.6 is 0 Å². The summed E-state index contributed by atoms with van der Waals surface area (Å²) in [6, 6.07) is 15.6. The monoisotopic (exact) mass is 382 g/mol. The van der Waals surface area contributed by atoms with Crippen molar-refractivity contribution in [3.05, 3.63) is 60.4 Å². The maximum atomic E-state index is 13.1. The van der Waals surface area contributed by atoms with Crippen molar-refractivity contribution in [3.8, 4) is 0 Å². The number of rotatable bonds is 3. The topological polar surface area (TPSA) is 55.9 Å². The summed E-state index contributed by atoms with van der Waals surface area (Å²) in [5, 5.41) is 3.00. The Bertz CT molecular complexity index is 835. The van der Waals surface area contributed by atoms with E-state index in [0.29, 0.717) is 39.1 Å². The van der Waals surface area contributed by atoms with Crippen LogP contribution in [0.25, 0.3) is 0 Å². The molecular formula is C21H23FN4O2. The van der Waals surface area contributed by atoms with Gasteiger partial charge in [0.2, 0.25) is 5.91 Å². The van der Waals surface area contributed by atoms with Crippen LogP contribution in [0.2, 0.25) is 0 Å². The van der Waals surface area contributed by atoms with E-state index in [1.54, 1.807) is 21.9 Å². The average Bonchev–Trinajstić information content (AvgIpc) is 3.09. The molecule has 2 aliphatic rings. The molecule has 4 rings (SSSR count). The Labute approximate surface area is 163 Å². The Balaban J connectivity index is 1.29. The van der Waals surface area contributed by atoms with Gasteiger partial charge in [0, 0.05) is 50.5 Å². The molecule has 6 nitrogen and oxygen atoms in total. The van der Waals surface area contributed by atoms with Crippen LogP contribution in [-0.4, -0.2) is 55.6 Å². The molecule has 2 heterocycles. The van der Waals surface area contributed by atoms with E-state index < -0.39 is 0 Å². The van der Waals surface area contributed by atoms with Gasteiger partial charge in [0.1, 0.15) is 5.82 Å². The third-order valence-electron chi connectivity index (χ3n) is 5.28. The van der Waals surface area contributed by atoms with Gasteiger partial charge in [-0.15, -0.1) is 0 Å². The fourth-order valence-corrected chi connectivity index (χ4v) is 3.75. The second-order valence-electron chi connectivity index (χ2n) is 7.14. The Hall–Kier alpha value is -3.09. The van der Waals surface area contributed by atoms with Crippen LogP contribution in [-0.2, 0) is 4.79 Å². The minimum absolute atomic E-state index is 0.0256. The number of anilines is 2. The van der Waals surface area contributed by atoms with Gasteiger partial charge in [-0.1, -0.05) is 18.2 Å². The van der Waals surface area contributed by atoms with Gasteiger partial charge < -0.3 is 20.0 Å². The molecule has 2 aromatic rings. The highest BCUT2D eigenvalue weighted by Crippen LogP contribution is 2.21. The summed E-state index contributed by atoms with van der Waals surface area (Å²) in [7, 11) is 0. The molecule has 2 fully saturated rings. The van der Waals surface area contributed by atoms with Crippen molar-refractivity contribution in [2.24, 2.45) is 0 Å². The average molecular weight is 382 g/mol. The summed E-state index contributed by atoms with van der Waals surface area (Å²) in [5.74, 6) is -0.227. The first kappa shape index (κ1) is 18.3. The van der Waals surface area contributed by atoms with Gasteiger partial charge in [-0.2, -0.15) is 0 Å². The van der Waals surface area contributed by atoms with Gasteiger partial charge in [-0.25, -0.2) is 9.18 Å². The number of nitrogens with zero attached hydrogens (tertiary/aromatic N) is 3. The lowest BCUT2D eigenvalue weighted by Gasteiger charge is -2.36. The summed E-state index contributed by atoms with van der Waals surface area (Å²) in [6.45, 7) is 3.06. The highest BCUT2D eigenvalue weighted by atomic mass is 19.1. The van der Waals surface area contributed by atoms with E-state index in [1.807, 2.05) is 30.3 Å². The van der Waals surface area contributed by atoms with Crippen molar-refractivity contribution < 1.29 is 14.0 Å². The van der Waals surface area contributed by atoms with Gasteiger partial charge in [-0.05, 0) is 36.4 Å². The van der Waals surface area contributed by atoms with E-state index >= 15 is 0 Å². The van der Waals surface area contributed by atoms with Crippen LogP contribution in [0.15, 0.2) is 54.6 Å². The maximum Gasteiger partial charge on any atom is 0.317 e. The smallest absolute Gasteiger partial charge is 0.317 e. The van der Waals surface area contributed by atoms with E-state index in [4.69, 9.17) is 0 Å². The molecule has 0 saturated carbocycles. The van der Waals surface area contributed by atoms with Crippen LogP contribution < -0.4 is 15.1 Å². The second kappa shape index (κ2) is 7.88. The molecule has 1 unspecified atom stereocenters. The summed E-state index contributed by atoms with van der Waals surface area (Å²) in [4.78, 5) is 30.5. The fraction of sp³-hybridized carbons (Fsp3) is 0.333. The molecule has 28 heavy (non-hydrogen) atoms. The minimum atomic E-state index is -0.252. The van der Waals surface area contributed by atoms with E-state index in [9.17, 15) is 14.0 Å². The molecule has 3 amide bonds. The summed E-state index contributed by atoms with van der Waals surface area (Å²) >= 11 is 0. The number of urea groups is 1. The lowest BCUT2D eigenvalue weighted by atomic mass is 10.2. The van der Waals surface area contributed by atoms with Gasteiger partial charge in [0.25, 0.3) is 0 Å². The van der Waals surface area contributed by atoms with Crippen molar-refractivity contribution >= 4 is 23.3 Å². The number of amides is 3. The summed E-state index contributed by atoms with van der Waals surface area (Å²) < 4.78 is 13.1. The number of piperazine rings is 1. The van der Waals surface area contributed by atoms with Crippen molar-refractivity contribution in [3.63, 3.8) is 0 Å². The Morgan fingerprint density at radius 1 is 0.929 bits per heavy atom. The van der Waals surface area contributed by atoms with Gasteiger partial charge in [0.15, 0.2) is 0 Å². The summed E-state index contributed by atoms with van der Waals surface area (Å²) in [5.41, 5.74) is 1.82. The predicted molar refractivity (Wildman–Crippen MR) is 106 cm³/mol. The lowest BCUT2D eigenvalue weighted by molar-refractivity contribution is -0.117. The van der Waals surface area contributed by atoms with Gasteiger partial charge >= 0.3 is 6.03 Å². The quantitative estimate of drug-likeness (QED) is 0.887. The zero-order chi connectivity index (χ0) is 19.5. The number of carbonyl (C=O) groups excluding carboxylic acids is 2. The van der Waals surface area contributed by atoms with Crippen molar-refractivity contribution in [1.82, 2.24) is 10.2 Å². The van der Waals surface area contributed by atoms with Crippen LogP contribution in [0.1, 0.15) is 6.42 Å². The first-order chi connectivity index (χ1) is 13.6. The molecule has 0 aliphatic carbocycles. The van der Waals surface area contributed by atoms with E-state index in [-0.39, 0.29) is 23.8 Å². The SMILES string of the molecule is O=C(NC1CC(=O)N(c2ccccc2)C1)N1CCN(c2ccc(F)cc2)CC1. The van der Waals surface area contributed by atoms with Crippen molar-refractivity contribution in [2.75, 3.05) is 42.5 Å². The van der Waals surface area contributed by atoms with Crippen LogP contribution in [0.5, 0.6) is 0 Å². The van der Waals surface area contributed by atoms with Crippen LogP contribution in [0.4, 0.5) is 20.6 Å². The molecule has 2 aliphatic heterocycles. The molecule has 146 valence electrons. The second-order valence-corrected chi connectivity index (χ2v) is 7.14. The molecule has 7 heteroatoms. The van der Waals surface area contributed by atoms with Crippen molar-refractivity contribution in [2.45, 2.75) is 12.5 Å². The standard InChI is InChI=1S/C21H23FN4O2/c22-16-6-8-18(9-7-16)24-10-12-25(13-11-24)21(28)23-17-14-20(27)26(15-17)19-4-2-1-3-5-19/h1-9,17H,10-15H2,(H,23,28). The third-order valence-corrected chi connectivity index (χ3v) is 5.28. The number of halogens is 1. The molecule has 1 atom stereocenters. The van der Waals surface area contributed by atoms with Crippen molar-refractivity contribution in [1.29, 1.82) is 0 Å². The van der Waals surface area contributed by atoms with E-state index in [0.717, 1.165) is 11.4 Å². The van der Waals surface area contributed by atoms with Gasteiger partial charge in [0.05, 0.1) is 6.04 Å². The molecule has 2 aromatic carbocycles. The minimum Gasteiger partial charge on any atom is -0.368 e. The molecule has 0 radical (unpaired) electrons. The van der Waals surface area contributed by atoms with Crippen LogP contribution in [0, 0.1) is 5.82 Å². The first-order valence-electron chi connectivity index (χ1n) is 9.51. The zero-order valence-corrected chi connectivity index (χ0v) is 15.6. The molecule has 1 N–H and O–H groups in total. The zero-order valence-electron chi connectivity index (χ0n) is 15.6. The number of hydrogen-bond donors (Lipinski definition) is 1. The largest absolute Gasteiger partial charge is 0.368 e. The third kappa shape index (κ3) is 3.93. The summed E-state index contributed by atoms with van der Waals surface area (Å²) in [6.07, 6.45) is 0.316. The highest BCUT2D eigenvalue weighted by Gasteiger charge is 2.33. The number of benzene rings is 2. The fourth-order valence-electron chi connectivity index (χ4n) is 3.75. The molecular weight excluding hydrogens is 359 g/mol. The number of nitrogens with one attached hydrogen (secondary N) is 1. The first-order valence-corrected chi connectivity index (χ1v) is 9.51. The molecule has 0 spiro atoms. The Kier molecular flexibility index (Phi) is 5.14. The van der Waals surface area contributed by atoms with E-state index in [1.165, 1.54) is 12.1 Å². The Morgan fingerprint density at radius 3 is 2.29 bits per heavy atom. The molecule has 2 saturated heterocycles. The number of para-hydroxylation sites is 1. The highest BCUT2D eigenvalue weighted by molar-refractivity contribution is 5.96. The van der Waals surface area contributed by atoms with Crippen LogP contribution in [0.3, 0.4) is 0 Å². The van der Waals surface area contributed by atoms with Gasteiger partial charge in [-0.3, -0.25) is 4.79 Å². The number of carbonyl (C=O) groups is 2. The van der Waals surface area contributed by atoms with E-state index in [2.05, 4.69) is 10.2 Å². The normalized spacial score (nSPS) is 19.8. The lowest BCUT2D eigenvalue weighted by Crippen LogP contribution is -2.53. The number of hydrogen-bond acceptors (Lipinski definition) is 3.